The lowest BCUT2D eigenvalue weighted by atomic mass is 10.2. The average molecular weight is 326 g/mol. The van der Waals surface area contributed by atoms with Crippen molar-refractivity contribution in [2.24, 2.45) is 0 Å². The molecule has 0 radical (unpaired) electrons. The van der Waals surface area contributed by atoms with Crippen LogP contribution in [0.3, 0.4) is 0 Å². The van der Waals surface area contributed by atoms with E-state index >= 15 is 0 Å². The van der Waals surface area contributed by atoms with Crippen LogP contribution in [0.1, 0.15) is 16.4 Å². The van der Waals surface area contributed by atoms with Crippen LogP contribution in [0.25, 0.3) is 11.0 Å². The molecule has 2 heterocycles. The van der Waals surface area contributed by atoms with Gasteiger partial charge in [-0.25, -0.2) is 9.97 Å². The van der Waals surface area contributed by atoms with Gasteiger partial charge in [-0.3, -0.25) is 4.79 Å². The fourth-order valence-corrected chi connectivity index (χ4v) is 2.28. The van der Waals surface area contributed by atoms with E-state index in [0.717, 1.165) is 11.2 Å². The molecule has 1 N–H and O–H groups in total. The smallest absolute Gasteiger partial charge is 0.287 e. The number of amides is 1. The van der Waals surface area contributed by atoms with Crippen LogP contribution in [0, 0.1) is 0 Å². The van der Waals surface area contributed by atoms with Crippen LogP contribution >= 0.6 is 0 Å². The first-order valence-corrected chi connectivity index (χ1v) is 7.42. The highest BCUT2D eigenvalue weighted by molar-refractivity contribution is 5.97. The van der Waals surface area contributed by atoms with Crippen molar-refractivity contribution in [3.05, 3.63) is 48.1 Å². The van der Waals surface area contributed by atoms with Gasteiger partial charge in [0, 0.05) is 25.7 Å². The molecular formula is C17H18N4O3. The van der Waals surface area contributed by atoms with Crippen molar-refractivity contribution >= 4 is 22.7 Å². The molecule has 0 saturated carbocycles. The van der Waals surface area contributed by atoms with E-state index in [4.69, 9.17) is 9.15 Å². The highest BCUT2D eigenvalue weighted by Gasteiger charge is 2.15. The zero-order valence-electron chi connectivity index (χ0n) is 13.7. The van der Waals surface area contributed by atoms with Gasteiger partial charge in [-0.05, 0) is 18.2 Å². The molecule has 7 nitrogen and oxygen atoms in total. The van der Waals surface area contributed by atoms with Crippen LogP contribution in [0.2, 0.25) is 0 Å². The number of rotatable bonds is 5. The molecule has 1 aromatic carbocycles. The fraction of sp³-hybridized carbons (Fsp3) is 0.235. The second-order valence-electron chi connectivity index (χ2n) is 5.40. The Labute approximate surface area is 139 Å². The third kappa shape index (κ3) is 3.15. The van der Waals surface area contributed by atoms with Gasteiger partial charge in [0.2, 0.25) is 0 Å². The van der Waals surface area contributed by atoms with E-state index in [2.05, 4.69) is 15.3 Å². The SMILES string of the molecule is COc1cccc2cc(C(=O)NCc3nccc(N(C)C)n3)oc12. The second kappa shape index (κ2) is 6.57. The van der Waals surface area contributed by atoms with Crippen LogP contribution in [0.4, 0.5) is 5.82 Å². The third-order valence-corrected chi connectivity index (χ3v) is 3.51. The molecule has 1 amide bonds. The molecule has 3 rings (SSSR count). The standard InChI is InChI=1S/C17H18N4O3/c1-21(2)15-7-8-18-14(20-15)10-19-17(22)13-9-11-5-4-6-12(23-3)16(11)24-13/h4-9H,10H2,1-3H3,(H,19,22). The van der Waals surface area contributed by atoms with Crippen molar-refractivity contribution in [2.75, 3.05) is 26.1 Å². The van der Waals surface area contributed by atoms with Crippen LogP contribution in [0.15, 0.2) is 40.9 Å². The molecule has 3 aromatic rings. The predicted molar refractivity (Wildman–Crippen MR) is 90.3 cm³/mol. The summed E-state index contributed by atoms with van der Waals surface area (Å²) < 4.78 is 10.9. The number of hydrogen-bond acceptors (Lipinski definition) is 6. The van der Waals surface area contributed by atoms with Crippen LogP contribution in [-0.2, 0) is 6.54 Å². The Bertz CT molecular complexity index is 873. The number of carbonyl (C=O) groups excluding carboxylic acids is 1. The normalized spacial score (nSPS) is 10.6. The molecule has 0 aliphatic carbocycles. The van der Waals surface area contributed by atoms with Gasteiger partial charge in [0.05, 0.1) is 13.7 Å². The number of hydrogen-bond donors (Lipinski definition) is 1. The minimum Gasteiger partial charge on any atom is -0.493 e. The van der Waals surface area contributed by atoms with Gasteiger partial charge in [-0.1, -0.05) is 12.1 Å². The molecule has 2 aromatic heterocycles. The zero-order chi connectivity index (χ0) is 17.1. The maximum atomic E-state index is 12.3. The first-order valence-electron chi connectivity index (χ1n) is 7.42. The van der Waals surface area contributed by atoms with Crippen molar-refractivity contribution in [2.45, 2.75) is 6.54 Å². The van der Waals surface area contributed by atoms with E-state index in [1.165, 1.54) is 0 Å². The minimum atomic E-state index is -0.327. The van der Waals surface area contributed by atoms with E-state index in [9.17, 15) is 4.79 Å². The number of nitrogens with zero attached hydrogens (tertiary/aromatic N) is 3. The molecule has 0 unspecified atom stereocenters. The lowest BCUT2D eigenvalue weighted by molar-refractivity contribution is 0.0924. The van der Waals surface area contributed by atoms with Crippen molar-refractivity contribution in [3.63, 3.8) is 0 Å². The predicted octanol–water partition coefficient (Wildman–Crippen LogP) is 2.23. The number of para-hydroxylation sites is 1. The van der Waals surface area contributed by atoms with Crippen molar-refractivity contribution in [1.82, 2.24) is 15.3 Å². The first kappa shape index (κ1) is 15.8. The number of furan rings is 1. The Morgan fingerprint density at radius 2 is 2.17 bits per heavy atom. The maximum absolute atomic E-state index is 12.3. The summed E-state index contributed by atoms with van der Waals surface area (Å²) in [6, 6.07) is 8.98. The number of carbonyl (C=O) groups is 1. The Balaban J connectivity index is 1.74. The number of anilines is 1. The van der Waals surface area contributed by atoms with Crippen LogP contribution < -0.4 is 15.0 Å². The molecular weight excluding hydrogens is 308 g/mol. The summed E-state index contributed by atoms with van der Waals surface area (Å²) in [7, 11) is 5.35. The first-order chi connectivity index (χ1) is 11.6. The molecule has 24 heavy (non-hydrogen) atoms. The van der Waals surface area contributed by atoms with E-state index < -0.39 is 0 Å². The van der Waals surface area contributed by atoms with E-state index in [0.29, 0.717) is 17.2 Å². The molecule has 0 aliphatic heterocycles. The topological polar surface area (TPSA) is 80.5 Å². The highest BCUT2D eigenvalue weighted by atomic mass is 16.5. The Hall–Kier alpha value is -3.09. The van der Waals surface area contributed by atoms with Crippen LogP contribution in [-0.4, -0.2) is 37.1 Å². The summed E-state index contributed by atoms with van der Waals surface area (Å²) in [6.07, 6.45) is 1.66. The number of benzene rings is 1. The van der Waals surface area contributed by atoms with E-state index in [-0.39, 0.29) is 18.2 Å². The number of nitrogens with one attached hydrogen (secondary N) is 1. The van der Waals surface area contributed by atoms with Crippen LogP contribution in [0.5, 0.6) is 5.75 Å². The Morgan fingerprint density at radius 3 is 2.92 bits per heavy atom. The molecule has 0 aliphatic rings. The molecule has 0 fully saturated rings. The third-order valence-electron chi connectivity index (χ3n) is 3.51. The maximum Gasteiger partial charge on any atom is 0.287 e. The molecule has 7 heteroatoms. The number of fused-ring (bicyclic) bond motifs is 1. The highest BCUT2D eigenvalue weighted by Crippen LogP contribution is 2.28. The fourth-order valence-electron chi connectivity index (χ4n) is 2.28. The minimum absolute atomic E-state index is 0.217. The monoisotopic (exact) mass is 326 g/mol. The molecule has 0 bridgehead atoms. The second-order valence-corrected chi connectivity index (χ2v) is 5.40. The van der Waals surface area contributed by atoms with Gasteiger partial charge in [-0.2, -0.15) is 0 Å². The summed E-state index contributed by atoms with van der Waals surface area (Å²) >= 11 is 0. The molecule has 0 saturated heterocycles. The van der Waals surface area contributed by atoms with E-state index in [1.54, 1.807) is 31.5 Å². The summed E-state index contributed by atoms with van der Waals surface area (Å²) in [5.41, 5.74) is 0.552. The number of aromatic nitrogens is 2. The van der Waals surface area contributed by atoms with E-state index in [1.807, 2.05) is 31.1 Å². The summed E-state index contributed by atoms with van der Waals surface area (Å²) in [5.74, 6) is 1.80. The zero-order valence-corrected chi connectivity index (χ0v) is 13.7. The van der Waals surface area contributed by atoms with Gasteiger partial charge in [0.25, 0.3) is 5.91 Å². The van der Waals surface area contributed by atoms with Crippen molar-refractivity contribution in [1.29, 1.82) is 0 Å². The number of ether oxygens (including phenoxy) is 1. The summed E-state index contributed by atoms with van der Waals surface area (Å²) in [4.78, 5) is 22.7. The van der Waals surface area contributed by atoms with Gasteiger partial charge in [-0.15, -0.1) is 0 Å². The Morgan fingerprint density at radius 1 is 1.33 bits per heavy atom. The average Bonchev–Trinajstić information content (AvgIpc) is 3.04. The van der Waals surface area contributed by atoms with Crippen molar-refractivity contribution < 1.29 is 13.9 Å². The van der Waals surface area contributed by atoms with Gasteiger partial charge >= 0.3 is 0 Å². The molecule has 0 atom stereocenters. The molecule has 0 spiro atoms. The summed E-state index contributed by atoms with van der Waals surface area (Å²) in [6.45, 7) is 0.217. The largest absolute Gasteiger partial charge is 0.493 e. The lowest BCUT2D eigenvalue weighted by Gasteiger charge is -2.11. The van der Waals surface area contributed by atoms with Gasteiger partial charge in [0.15, 0.2) is 17.1 Å². The molecule has 124 valence electrons. The quantitative estimate of drug-likeness (QED) is 0.774. The van der Waals surface area contributed by atoms with Crippen molar-refractivity contribution in [3.8, 4) is 5.75 Å². The summed E-state index contributed by atoms with van der Waals surface area (Å²) in [5, 5.41) is 3.57. The lowest BCUT2D eigenvalue weighted by Crippen LogP contribution is -2.24. The Kier molecular flexibility index (Phi) is 4.33. The number of methoxy groups -OCH3 is 1. The van der Waals surface area contributed by atoms with Gasteiger partial charge in [0.1, 0.15) is 11.6 Å². The van der Waals surface area contributed by atoms with Gasteiger partial charge < -0.3 is 19.4 Å².